The van der Waals surface area contributed by atoms with Crippen molar-refractivity contribution in [2.45, 2.75) is 13.0 Å². The van der Waals surface area contributed by atoms with Crippen molar-refractivity contribution in [2.75, 3.05) is 31.6 Å². The van der Waals surface area contributed by atoms with E-state index in [1.165, 1.54) is 6.92 Å². The molecule has 0 aliphatic carbocycles. The van der Waals surface area contributed by atoms with Crippen LogP contribution in [0.4, 0.5) is 10.5 Å². The molecular weight excluding hydrogens is 336 g/mol. The smallest absolute Gasteiger partial charge is 0.319 e. The molecule has 1 aromatic carbocycles. The molecule has 1 aromatic heterocycles. The van der Waals surface area contributed by atoms with Crippen LogP contribution in [0.1, 0.15) is 6.92 Å². The second-order valence-electron chi connectivity index (χ2n) is 6.14. The predicted molar refractivity (Wildman–Crippen MR) is 95.5 cm³/mol. The number of aryl methyl sites for hydroxylation is 1. The van der Waals surface area contributed by atoms with Crippen LogP contribution >= 0.6 is 0 Å². The Morgan fingerprint density at radius 3 is 2.73 bits per heavy atom. The number of benzene rings is 1. The maximum absolute atomic E-state index is 12.1. The van der Waals surface area contributed by atoms with Gasteiger partial charge in [0.15, 0.2) is 5.82 Å². The Bertz CT molecular complexity index is 773. The normalized spacial score (nSPS) is 17.0. The largest absolute Gasteiger partial charge is 0.373 e. The van der Waals surface area contributed by atoms with E-state index in [1.807, 2.05) is 23.7 Å². The maximum atomic E-state index is 12.1. The van der Waals surface area contributed by atoms with Crippen LogP contribution in [0.15, 0.2) is 30.6 Å². The highest BCUT2D eigenvalue weighted by atomic mass is 16.5. The Balaban J connectivity index is 1.49. The van der Waals surface area contributed by atoms with Crippen molar-refractivity contribution >= 4 is 17.6 Å². The molecule has 1 saturated heterocycles. The summed E-state index contributed by atoms with van der Waals surface area (Å²) in [6.07, 6.45) is 1.44. The van der Waals surface area contributed by atoms with Gasteiger partial charge in [0.05, 0.1) is 12.7 Å². The van der Waals surface area contributed by atoms with Gasteiger partial charge in [0.25, 0.3) is 0 Å². The Kier molecular flexibility index (Phi) is 5.47. The quantitative estimate of drug-likeness (QED) is 0.844. The number of urea groups is 1. The van der Waals surface area contributed by atoms with E-state index in [-0.39, 0.29) is 18.0 Å². The van der Waals surface area contributed by atoms with Gasteiger partial charge in [-0.3, -0.25) is 4.79 Å². The molecule has 9 nitrogen and oxygen atoms in total. The summed E-state index contributed by atoms with van der Waals surface area (Å²) in [6, 6.07) is 7.03. The number of morpholine rings is 1. The van der Waals surface area contributed by atoms with E-state index in [9.17, 15) is 9.59 Å². The summed E-state index contributed by atoms with van der Waals surface area (Å²) in [5.74, 6) is 0.774. The molecule has 1 aliphatic rings. The van der Waals surface area contributed by atoms with Crippen molar-refractivity contribution < 1.29 is 14.3 Å². The number of rotatable bonds is 4. The van der Waals surface area contributed by atoms with Gasteiger partial charge in [0.1, 0.15) is 6.33 Å². The average molecular weight is 358 g/mol. The molecular formula is C17H22N6O3. The van der Waals surface area contributed by atoms with E-state index < -0.39 is 0 Å². The highest BCUT2D eigenvalue weighted by Gasteiger charge is 2.22. The fourth-order valence-corrected chi connectivity index (χ4v) is 2.76. The molecule has 1 atom stereocenters. The number of aromatic nitrogens is 3. The Morgan fingerprint density at radius 2 is 2.08 bits per heavy atom. The summed E-state index contributed by atoms with van der Waals surface area (Å²) in [7, 11) is 1.87. The summed E-state index contributed by atoms with van der Waals surface area (Å²) in [5.41, 5.74) is 1.58. The van der Waals surface area contributed by atoms with Gasteiger partial charge in [0.2, 0.25) is 5.91 Å². The van der Waals surface area contributed by atoms with E-state index in [0.717, 1.165) is 11.4 Å². The van der Waals surface area contributed by atoms with Crippen molar-refractivity contribution in [1.82, 2.24) is 25.0 Å². The summed E-state index contributed by atoms with van der Waals surface area (Å²) >= 11 is 0. The zero-order valence-electron chi connectivity index (χ0n) is 14.8. The molecule has 1 fully saturated rings. The predicted octanol–water partition coefficient (Wildman–Crippen LogP) is 0.851. The lowest BCUT2D eigenvalue weighted by molar-refractivity contribution is -0.136. The minimum atomic E-state index is -0.319. The van der Waals surface area contributed by atoms with E-state index in [4.69, 9.17) is 4.74 Å². The van der Waals surface area contributed by atoms with E-state index in [2.05, 4.69) is 20.8 Å². The van der Waals surface area contributed by atoms with Crippen LogP contribution in [0.3, 0.4) is 0 Å². The van der Waals surface area contributed by atoms with Gasteiger partial charge in [-0.05, 0) is 24.3 Å². The molecule has 0 radical (unpaired) electrons. The molecule has 26 heavy (non-hydrogen) atoms. The van der Waals surface area contributed by atoms with E-state index in [1.54, 1.807) is 23.4 Å². The second kappa shape index (κ2) is 7.96. The van der Waals surface area contributed by atoms with E-state index in [0.29, 0.717) is 31.9 Å². The first-order chi connectivity index (χ1) is 12.5. The van der Waals surface area contributed by atoms with Crippen LogP contribution in [0.25, 0.3) is 11.4 Å². The first kappa shape index (κ1) is 17.9. The van der Waals surface area contributed by atoms with Crippen LogP contribution < -0.4 is 10.6 Å². The summed E-state index contributed by atoms with van der Waals surface area (Å²) in [4.78, 5) is 25.2. The van der Waals surface area contributed by atoms with Crippen LogP contribution in [0, 0.1) is 0 Å². The molecule has 0 spiro atoms. The molecule has 1 aliphatic heterocycles. The molecule has 2 N–H and O–H groups in total. The zero-order chi connectivity index (χ0) is 18.5. The Hall–Kier alpha value is -2.94. The van der Waals surface area contributed by atoms with Crippen LogP contribution in [0.2, 0.25) is 0 Å². The number of nitrogens with one attached hydrogen (secondary N) is 2. The molecule has 2 heterocycles. The van der Waals surface area contributed by atoms with Crippen molar-refractivity contribution in [3.05, 3.63) is 30.6 Å². The highest BCUT2D eigenvalue weighted by molar-refractivity contribution is 5.89. The van der Waals surface area contributed by atoms with Gasteiger partial charge in [-0.15, -0.1) is 10.2 Å². The molecule has 3 rings (SSSR count). The van der Waals surface area contributed by atoms with Crippen LogP contribution in [0.5, 0.6) is 0 Å². The van der Waals surface area contributed by atoms with Crippen LogP contribution in [-0.4, -0.2) is 63.9 Å². The third kappa shape index (κ3) is 4.37. The average Bonchev–Trinajstić information content (AvgIpc) is 3.07. The molecule has 0 bridgehead atoms. The second-order valence-corrected chi connectivity index (χ2v) is 6.14. The standard InChI is InChI=1S/C17H22N6O3/c1-12(24)23-7-8-26-15(10-23)9-18-17(25)20-14-5-3-13(4-6-14)16-21-19-11-22(16)2/h3-6,11,15H,7-10H2,1-2H3,(H2,18,20,25)/t15-/m0/s1. The fraction of sp³-hybridized carbons (Fsp3) is 0.412. The number of hydrogen-bond acceptors (Lipinski definition) is 5. The molecule has 3 amide bonds. The number of hydrogen-bond donors (Lipinski definition) is 2. The fourth-order valence-electron chi connectivity index (χ4n) is 2.76. The van der Waals surface area contributed by atoms with Gasteiger partial charge in [-0.2, -0.15) is 0 Å². The van der Waals surface area contributed by atoms with Gasteiger partial charge in [0, 0.05) is 44.9 Å². The van der Waals surface area contributed by atoms with Gasteiger partial charge in [-0.1, -0.05) is 0 Å². The summed E-state index contributed by atoms with van der Waals surface area (Å²) in [6.45, 7) is 3.44. The van der Waals surface area contributed by atoms with Crippen molar-refractivity contribution in [2.24, 2.45) is 7.05 Å². The minimum absolute atomic E-state index is 0.0192. The van der Waals surface area contributed by atoms with Crippen molar-refractivity contribution in [3.63, 3.8) is 0 Å². The van der Waals surface area contributed by atoms with Gasteiger partial charge in [-0.25, -0.2) is 4.79 Å². The van der Waals surface area contributed by atoms with E-state index >= 15 is 0 Å². The maximum Gasteiger partial charge on any atom is 0.319 e. The number of carbonyl (C=O) groups excluding carboxylic acids is 2. The summed E-state index contributed by atoms with van der Waals surface area (Å²) < 4.78 is 7.40. The first-order valence-electron chi connectivity index (χ1n) is 8.39. The number of anilines is 1. The number of carbonyl (C=O) groups is 2. The topological polar surface area (TPSA) is 101 Å². The molecule has 0 saturated carbocycles. The van der Waals surface area contributed by atoms with Gasteiger partial charge < -0.3 is 24.8 Å². The number of amides is 3. The third-order valence-electron chi connectivity index (χ3n) is 4.19. The van der Waals surface area contributed by atoms with Crippen molar-refractivity contribution in [3.8, 4) is 11.4 Å². The Morgan fingerprint density at radius 1 is 1.31 bits per heavy atom. The molecule has 2 aromatic rings. The minimum Gasteiger partial charge on any atom is -0.373 e. The van der Waals surface area contributed by atoms with Crippen LogP contribution in [-0.2, 0) is 16.6 Å². The summed E-state index contributed by atoms with van der Waals surface area (Å²) in [5, 5.41) is 13.4. The molecule has 138 valence electrons. The Labute approximate surface area is 151 Å². The third-order valence-corrected chi connectivity index (χ3v) is 4.19. The van der Waals surface area contributed by atoms with Crippen molar-refractivity contribution in [1.29, 1.82) is 0 Å². The SMILES string of the molecule is CC(=O)N1CCO[C@@H](CNC(=O)Nc2ccc(-c3nncn3C)cc2)C1. The van der Waals surface area contributed by atoms with Gasteiger partial charge >= 0.3 is 6.03 Å². The molecule has 9 heteroatoms. The molecule has 0 unspecified atom stereocenters. The zero-order valence-corrected chi connectivity index (χ0v) is 14.8. The lowest BCUT2D eigenvalue weighted by Crippen LogP contribution is -2.49. The number of nitrogens with zero attached hydrogens (tertiary/aromatic N) is 4. The first-order valence-corrected chi connectivity index (χ1v) is 8.39. The number of ether oxygens (including phenoxy) is 1. The lowest BCUT2D eigenvalue weighted by Gasteiger charge is -2.32. The monoisotopic (exact) mass is 358 g/mol. The highest BCUT2D eigenvalue weighted by Crippen LogP contribution is 2.18. The lowest BCUT2D eigenvalue weighted by atomic mass is 10.2.